The van der Waals surface area contributed by atoms with E-state index in [1.807, 2.05) is 0 Å². The molecule has 0 aromatic heterocycles. The lowest BCUT2D eigenvalue weighted by Gasteiger charge is -2.06. The molecular formula is C16H19ClN4O7S2. The van der Waals surface area contributed by atoms with Gasteiger partial charge in [0, 0.05) is 24.5 Å². The van der Waals surface area contributed by atoms with Crippen LogP contribution in [0.1, 0.15) is 13.8 Å². The zero-order valence-corrected chi connectivity index (χ0v) is 18.1. The lowest BCUT2D eigenvalue weighted by molar-refractivity contribution is -0.119. The maximum atomic E-state index is 10.9. The van der Waals surface area contributed by atoms with Gasteiger partial charge in [0.25, 0.3) is 19.2 Å². The van der Waals surface area contributed by atoms with Gasteiger partial charge in [0.1, 0.15) is 0 Å². The summed E-state index contributed by atoms with van der Waals surface area (Å²) in [5, 5.41) is 0. The minimum atomic E-state index is -4.17. The molecule has 0 atom stereocenters. The van der Waals surface area contributed by atoms with E-state index in [1.54, 1.807) is 0 Å². The first-order valence-corrected chi connectivity index (χ1v) is 11.7. The minimum absolute atomic E-state index is 0.0116. The number of anilines is 2. The second-order valence-electron chi connectivity index (χ2n) is 5.57. The van der Waals surface area contributed by atoms with Gasteiger partial charge in [0.15, 0.2) is 0 Å². The van der Waals surface area contributed by atoms with Crippen molar-refractivity contribution in [2.45, 2.75) is 23.6 Å². The molecule has 0 aliphatic carbocycles. The smallest absolute Gasteiger partial charge is 0.294 e. The average Bonchev–Trinajstić information content (AvgIpc) is 2.64. The standard InChI is InChI=1S/C8H9ClN2O3S.C8H10N2O4S/c1-6(12)10-11-7-2-4-8(5-3-7)15(9,13)14;1-6(11)9-10-7-2-4-8(5-3-7)15(12,13)14/h2-5,11H,1H3,(H,10,12);2-5,10H,1H3,(H,9,11)(H,12,13,14). The van der Waals surface area contributed by atoms with Crippen LogP contribution in [0.2, 0.25) is 0 Å². The first kappa shape index (κ1) is 25.2. The van der Waals surface area contributed by atoms with E-state index in [1.165, 1.54) is 62.4 Å². The molecule has 0 aliphatic heterocycles. The monoisotopic (exact) mass is 478 g/mol. The van der Waals surface area contributed by atoms with E-state index in [2.05, 4.69) is 21.7 Å². The van der Waals surface area contributed by atoms with Crippen molar-refractivity contribution in [2.75, 3.05) is 10.9 Å². The van der Waals surface area contributed by atoms with E-state index >= 15 is 0 Å². The molecule has 0 heterocycles. The molecule has 0 unspecified atom stereocenters. The molecule has 5 N–H and O–H groups in total. The van der Waals surface area contributed by atoms with Crippen LogP contribution >= 0.6 is 10.7 Å². The fourth-order valence-electron chi connectivity index (χ4n) is 1.73. The number of hydrogen-bond donors (Lipinski definition) is 5. The van der Waals surface area contributed by atoms with Gasteiger partial charge in [-0.05, 0) is 48.5 Å². The number of hydrazine groups is 2. The molecule has 2 aromatic rings. The second-order valence-corrected chi connectivity index (χ2v) is 9.56. The summed E-state index contributed by atoms with van der Waals surface area (Å²) in [4.78, 5) is 20.9. The molecule has 0 bridgehead atoms. The van der Waals surface area contributed by atoms with E-state index in [9.17, 15) is 26.4 Å². The van der Waals surface area contributed by atoms with Crippen LogP contribution in [-0.2, 0) is 28.8 Å². The Morgan fingerprint density at radius 3 is 1.33 bits per heavy atom. The number of amides is 2. The van der Waals surface area contributed by atoms with Gasteiger partial charge in [-0.15, -0.1) is 0 Å². The Hall–Kier alpha value is -2.87. The summed E-state index contributed by atoms with van der Waals surface area (Å²) in [6.45, 7) is 2.68. The Bertz CT molecular complexity index is 998. The fraction of sp³-hybridized carbons (Fsp3) is 0.125. The van der Waals surface area contributed by atoms with Crippen molar-refractivity contribution in [2.24, 2.45) is 0 Å². The van der Waals surface area contributed by atoms with Gasteiger partial charge in [-0.1, -0.05) is 0 Å². The van der Waals surface area contributed by atoms with Crippen LogP contribution in [0, 0.1) is 0 Å². The first-order valence-electron chi connectivity index (χ1n) is 7.96. The Labute approximate surface area is 177 Å². The molecule has 2 rings (SSSR count). The normalized spacial score (nSPS) is 10.8. The number of carbonyl (C=O) groups is 2. The molecule has 2 aromatic carbocycles. The largest absolute Gasteiger partial charge is 0.299 e. The van der Waals surface area contributed by atoms with Crippen molar-refractivity contribution in [3.8, 4) is 0 Å². The van der Waals surface area contributed by atoms with Crippen molar-refractivity contribution in [1.82, 2.24) is 10.9 Å². The Kier molecular flexibility index (Phi) is 9.04. The van der Waals surface area contributed by atoms with E-state index in [0.717, 1.165) is 0 Å². The van der Waals surface area contributed by atoms with Crippen molar-refractivity contribution in [1.29, 1.82) is 0 Å². The average molecular weight is 479 g/mol. The summed E-state index contributed by atoms with van der Waals surface area (Å²) in [5.41, 5.74) is 10.9. The molecule has 30 heavy (non-hydrogen) atoms. The summed E-state index contributed by atoms with van der Waals surface area (Å²) in [5.74, 6) is -0.516. The van der Waals surface area contributed by atoms with Crippen LogP contribution < -0.4 is 21.7 Å². The van der Waals surface area contributed by atoms with Crippen molar-refractivity contribution in [3.05, 3.63) is 48.5 Å². The quantitative estimate of drug-likeness (QED) is 0.234. The number of halogens is 1. The van der Waals surface area contributed by atoms with E-state index in [0.29, 0.717) is 11.4 Å². The fourth-order valence-corrected chi connectivity index (χ4v) is 2.98. The number of benzene rings is 2. The zero-order chi connectivity index (χ0) is 22.9. The molecule has 2 amide bonds. The van der Waals surface area contributed by atoms with Gasteiger partial charge in [0.2, 0.25) is 11.8 Å². The van der Waals surface area contributed by atoms with Gasteiger partial charge in [-0.25, -0.2) is 8.42 Å². The number of nitrogens with one attached hydrogen (secondary N) is 4. The maximum absolute atomic E-state index is 10.9. The van der Waals surface area contributed by atoms with Crippen molar-refractivity contribution in [3.63, 3.8) is 0 Å². The van der Waals surface area contributed by atoms with Gasteiger partial charge >= 0.3 is 0 Å². The SMILES string of the molecule is CC(=O)NNc1ccc(S(=O)(=O)Cl)cc1.CC(=O)NNc1ccc(S(=O)(=O)O)cc1. The van der Waals surface area contributed by atoms with Gasteiger partial charge in [-0.2, -0.15) is 8.42 Å². The third-order valence-corrected chi connectivity index (χ3v) is 5.29. The number of rotatable bonds is 6. The molecule has 0 spiro atoms. The maximum Gasteiger partial charge on any atom is 0.294 e. The summed E-state index contributed by atoms with van der Waals surface area (Å²) < 4.78 is 51.8. The molecule has 11 nitrogen and oxygen atoms in total. The predicted molar refractivity (Wildman–Crippen MR) is 111 cm³/mol. The van der Waals surface area contributed by atoms with E-state index in [4.69, 9.17) is 15.2 Å². The van der Waals surface area contributed by atoms with Gasteiger partial charge < -0.3 is 0 Å². The Morgan fingerprint density at radius 1 is 0.733 bits per heavy atom. The summed E-state index contributed by atoms with van der Waals surface area (Å²) in [6, 6.07) is 10.9. The Morgan fingerprint density at radius 2 is 1.07 bits per heavy atom. The van der Waals surface area contributed by atoms with Crippen LogP contribution in [-0.4, -0.2) is 33.2 Å². The predicted octanol–water partition coefficient (Wildman–Crippen LogP) is 1.47. The summed E-state index contributed by atoms with van der Waals surface area (Å²) in [6.07, 6.45) is 0. The second kappa shape index (κ2) is 10.8. The topological polar surface area (TPSA) is 171 Å². The molecule has 0 aliphatic rings. The van der Waals surface area contributed by atoms with E-state index < -0.39 is 19.2 Å². The highest BCUT2D eigenvalue weighted by atomic mass is 35.7. The molecular weight excluding hydrogens is 460 g/mol. The van der Waals surface area contributed by atoms with Crippen LogP contribution in [0.25, 0.3) is 0 Å². The van der Waals surface area contributed by atoms with Gasteiger partial charge in [0.05, 0.1) is 21.2 Å². The highest BCUT2D eigenvalue weighted by Gasteiger charge is 2.09. The lowest BCUT2D eigenvalue weighted by Crippen LogP contribution is -2.26. The number of hydrogen-bond acceptors (Lipinski definition) is 8. The molecule has 0 fully saturated rings. The number of carbonyl (C=O) groups excluding carboxylic acids is 2. The summed E-state index contributed by atoms with van der Waals surface area (Å²) >= 11 is 0. The first-order chi connectivity index (χ1) is 13.8. The highest BCUT2D eigenvalue weighted by Crippen LogP contribution is 2.17. The van der Waals surface area contributed by atoms with Crippen molar-refractivity contribution < 1.29 is 31.0 Å². The molecule has 0 radical (unpaired) electrons. The molecule has 14 heteroatoms. The lowest BCUT2D eigenvalue weighted by atomic mass is 10.3. The van der Waals surface area contributed by atoms with Crippen LogP contribution in [0.15, 0.2) is 58.3 Å². The summed E-state index contributed by atoms with van der Waals surface area (Å²) in [7, 11) is -2.74. The molecule has 164 valence electrons. The van der Waals surface area contributed by atoms with Crippen LogP contribution in [0.4, 0.5) is 11.4 Å². The van der Waals surface area contributed by atoms with Gasteiger partial charge in [-0.3, -0.25) is 35.8 Å². The van der Waals surface area contributed by atoms with E-state index in [-0.39, 0.29) is 21.6 Å². The van der Waals surface area contributed by atoms with Crippen LogP contribution in [0.3, 0.4) is 0 Å². The third kappa shape index (κ3) is 9.56. The molecule has 0 saturated carbocycles. The van der Waals surface area contributed by atoms with Crippen molar-refractivity contribution >= 4 is 53.0 Å². The molecule has 0 saturated heterocycles. The minimum Gasteiger partial charge on any atom is -0.299 e. The Balaban J connectivity index is 0.000000300. The highest BCUT2D eigenvalue weighted by molar-refractivity contribution is 8.13. The third-order valence-electron chi connectivity index (χ3n) is 3.05. The zero-order valence-electron chi connectivity index (χ0n) is 15.7. The van der Waals surface area contributed by atoms with Crippen LogP contribution in [0.5, 0.6) is 0 Å².